The van der Waals surface area contributed by atoms with Crippen molar-refractivity contribution in [1.82, 2.24) is 0 Å². The first kappa shape index (κ1) is 18.3. The van der Waals surface area contributed by atoms with Gasteiger partial charge >= 0.3 is 18.3 Å². The number of ether oxygens (including phenoxy) is 1. The van der Waals surface area contributed by atoms with Gasteiger partial charge in [0.15, 0.2) is 0 Å². The summed E-state index contributed by atoms with van der Waals surface area (Å²) in [6.07, 6.45) is -14.6. The van der Waals surface area contributed by atoms with E-state index in [1.54, 1.807) is 0 Å². The monoisotopic (exact) mass is 333 g/mol. The summed E-state index contributed by atoms with van der Waals surface area (Å²) in [5.41, 5.74) is -0.803. The van der Waals surface area contributed by atoms with Gasteiger partial charge in [0.05, 0.1) is 0 Å². The summed E-state index contributed by atoms with van der Waals surface area (Å²) >= 11 is 0. The third-order valence-electron chi connectivity index (χ3n) is 3.43. The highest BCUT2D eigenvalue weighted by atomic mass is 19.4. The fraction of sp³-hybridized carbons (Fsp3) is 0.667. The average Bonchev–Trinajstić information content (AvgIpc) is 2.82. The Morgan fingerprint density at radius 1 is 1.14 bits per heavy atom. The van der Waals surface area contributed by atoms with E-state index in [-0.39, 0.29) is 0 Å². The maximum Gasteiger partial charge on any atom is 0.434 e. The number of hydrogen-bond acceptors (Lipinski definition) is 4. The van der Waals surface area contributed by atoms with Crippen LogP contribution in [0.1, 0.15) is 13.8 Å². The largest absolute Gasteiger partial charge is 0.550 e. The zero-order chi connectivity index (χ0) is 17.5. The molecule has 0 spiro atoms. The fourth-order valence-corrected chi connectivity index (χ4v) is 2.14. The normalized spacial score (nSPS) is 24.6. The predicted molar refractivity (Wildman–Crippen MR) is 56.9 cm³/mol. The predicted octanol–water partition coefficient (Wildman–Crippen LogP) is 1.60. The van der Waals surface area contributed by atoms with Gasteiger partial charge in [-0.1, -0.05) is 19.9 Å². The number of hydrogen-bond donors (Lipinski definition) is 0. The number of carboxylic acid groups (broad SMARTS) is 1. The number of alkyl halides is 6. The highest BCUT2D eigenvalue weighted by molar-refractivity contribution is 5.83. The summed E-state index contributed by atoms with van der Waals surface area (Å²) in [4.78, 5) is 21.8. The Morgan fingerprint density at radius 3 is 1.91 bits per heavy atom. The number of aliphatic carboxylic acids is 1. The van der Waals surface area contributed by atoms with E-state index in [2.05, 4.69) is 4.74 Å². The molecule has 0 heterocycles. The molecule has 1 aliphatic rings. The van der Waals surface area contributed by atoms with Crippen LogP contribution in [0.3, 0.4) is 0 Å². The molecule has 0 radical (unpaired) electrons. The summed E-state index contributed by atoms with van der Waals surface area (Å²) < 4.78 is 76.4. The molecule has 1 saturated carbocycles. The Bertz CT molecular complexity index is 477. The van der Waals surface area contributed by atoms with Crippen LogP contribution in [0.4, 0.5) is 26.3 Å². The minimum atomic E-state index is -5.80. The molecule has 4 nitrogen and oxygen atoms in total. The Labute approximate surface area is 120 Å². The molecule has 1 fully saturated rings. The molecular formula is C12H11F6O4-. The van der Waals surface area contributed by atoms with Crippen LogP contribution in [0, 0.1) is 17.3 Å². The van der Waals surface area contributed by atoms with Crippen LogP contribution in [0.15, 0.2) is 12.2 Å². The van der Waals surface area contributed by atoms with Crippen molar-refractivity contribution in [3.8, 4) is 0 Å². The Balaban J connectivity index is 2.74. The van der Waals surface area contributed by atoms with Crippen molar-refractivity contribution >= 4 is 11.9 Å². The van der Waals surface area contributed by atoms with E-state index >= 15 is 0 Å². The van der Waals surface area contributed by atoms with Crippen molar-refractivity contribution in [2.45, 2.75) is 32.3 Å². The maximum atomic E-state index is 12.2. The number of allylic oxidation sites excluding steroid dienone is 1. The quantitative estimate of drug-likeness (QED) is 0.445. The maximum absolute atomic E-state index is 12.2. The van der Waals surface area contributed by atoms with Crippen molar-refractivity contribution in [3.05, 3.63) is 12.2 Å². The lowest BCUT2D eigenvalue weighted by atomic mass is 10.1. The second-order valence-corrected chi connectivity index (χ2v) is 5.40. The number of rotatable bonds is 4. The first-order valence-electron chi connectivity index (χ1n) is 5.92. The van der Waals surface area contributed by atoms with E-state index in [0.717, 1.165) is 6.08 Å². The molecule has 0 N–H and O–H groups in total. The average molecular weight is 333 g/mol. The zero-order valence-electron chi connectivity index (χ0n) is 11.3. The van der Waals surface area contributed by atoms with Crippen molar-refractivity contribution in [3.63, 3.8) is 0 Å². The smallest absolute Gasteiger partial charge is 0.434 e. The molecule has 22 heavy (non-hydrogen) atoms. The van der Waals surface area contributed by atoms with Gasteiger partial charge in [-0.05, 0) is 11.3 Å². The third kappa shape index (κ3) is 3.92. The van der Waals surface area contributed by atoms with E-state index in [0.29, 0.717) is 6.08 Å². The lowest BCUT2D eigenvalue weighted by Crippen LogP contribution is -2.45. The van der Waals surface area contributed by atoms with Gasteiger partial charge in [-0.15, -0.1) is 0 Å². The third-order valence-corrected chi connectivity index (χ3v) is 3.43. The lowest BCUT2D eigenvalue weighted by Gasteiger charge is -2.22. The van der Waals surface area contributed by atoms with Crippen molar-refractivity contribution in [2.75, 3.05) is 0 Å². The van der Waals surface area contributed by atoms with E-state index < -0.39 is 47.6 Å². The summed E-state index contributed by atoms with van der Waals surface area (Å²) in [5.74, 6) is -4.99. The van der Waals surface area contributed by atoms with Gasteiger partial charge in [-0.3, -0.25) is 0 Å². The zero-order valence-corrected chi connectivity index (χ0v) is 11.3. The summed E-state index contributed by atoms with van der Waals surface area (Å²) in [6, 6.07) is 0. The molecule has 0 aromatic heterocycles. The Morgan fingerprint density at radius 2 is 1.59 bits per heavy atom. The highest BCUT2D eigenvalue weighted by Gasteiger charge is 2.60. The van der Waals surface area contributed by atoms with Gasteiger partial charge < -0.3 is 14.6 Å². The second-order valence-electron chi connectivity index (χ2n) is 5.40. The second kappa shape index (κ2) is 5.47. The van der Waals surface area contributed by atoms with Gasteiger partial charge in [0.2, 0.25) is 0 Å². The molecular weight excluding hydrogens is 322 g/mol. The summed E-state index contributed by atoms with van der Waals surface area (Å²) in [6.45, 7) is 3.00. The number of halogens is 6. The van der Waals surface area contributed by atoms with Crippen LogP contribution in [0.5, 0.6) is 0 Å². The minimum Gasteiger partial charge on any atom is -0.550 e. The fourth-order valence-electron chi connectivity index (χ4n) is 2.14. The lowest BCUT2D eigenvalue weighted by molar-refractivity contribution is -0.312. The number of carbonyl (C=O) groups excluding carboxylic acids is 2. The summed E-state index contributed by atoms with van der Waals surface area (Å²) in [5, 5.41) is 10.7. The van der Waals surface area contributed by atoms with Crippen LogP contribution < -0.4 is 5.11 Å². The van der Waals surface area contributed by atoms with E-state index in [1.165, 1.54) is 13.8 Å². The topological polar surface area (TPSA) is 66.4 Å². The van der Waals surface area contributed by atoms with Crippen molar-refractivity contribution < 1.29 is 45.8 Å². The molecule has 1 rings (SSSR count). The minimum absolute atomic E-state index is 0.361. The number of esters is 1. The Kier molecular flexibility index (Phi) is 4.55. The molecule has 2 atom stereocenters. The Hall–Kier alpha value is -1.74. The SMILES string of the molecule is CC1(C)[C@H](C(=O)[O-])[C@@H]1C=CC(=O)OC(C(F)(F)F)C(F)(F)F. The molecule has 1 aliphatic carbocycles. The molecule has 0 unspecified atom stereocenters. The van der Waals surface area contributed by atoms with Crippen molar-refractivity contribution in [1.29, 1.82) is 0 Å². The molecule has 0 saturated heterocycles. The van der Waals surface area contributed by atoms with Gasteiger partial charge in [0.25, 0.3) is 6.10 Å². The van der Waals surface area contributed by atoms with Gasteiger partial charge in [-0.2, -0.15) is 26.3 Å². The van der Waals surface area contributed by atoms with Crippen LogP contribution in [-0.4, -0.2) is 30.4 Å². The van der Waals surface area contributed by atoms with E-state index in [9.17, 15) is 41.0 Å². The number of carbonyl (C=O) groups is 2. The van der Waals surface area contributed by atoms with Crippen LogP contribution in [-0.2, 0) is 14.3 Å². The van der Waals surface area contributed by atoms with Gasteiger partial charge in [-0.25, -0.2) is 4.79 Å². The van der Waals surface area contributed by atoms with Crippen LogP contribution in [0.2, 0.25) is 0 Å². The first-order chi connectivity index (χ1) is 9.69. The molecule has 0 aromatic carbocycles. The van der Waals surface area contributed by atoms with E-state index in [1.807, 2.05) is 0 Å². The highest BCUT2D eigenvalue weighted by Crippen LogP contribution is 2.58. The van der Waals surface area contributed by atoms with E-state index in [4.69, 9.17) is 0 Å². The molecule has 0 amide bonds. The standard InChI is InChI=1S/C12H12F6O4/c1-10(2)5(7(10)8(20)21)3-4-6(19)22-9(11(13,14)15)12(16,17)18/h3-5,7,9H,1-2H3,(H,20,21)/p-1/t5-,7-/m0/s1. The van der Waals surface area contributed by atoms with Gasteiger partial charge in [0.1, 0.15) is 0 Å². The van der Waals surface area contributed by atoms with Crippen LogP contribution >= 0.6 is 0 Å². The molecule has 0 bridgehead atoms. The number of carboxylic acids is 1. The van der Waals surface area contributed by atoms with Crippen LogP contribution in [0.25, 0.3) is 0 Å². The molecule has 10 heteroatoms. The first-order valence-corrected chi connectivity index (χ1v) is 5.92. The molecule has 0 aliphatic heterocycles. The molecule has 126 valence electrons. The van der Waals surface area contributed by atoms with Crippen molar-refractivity contribution in [2.24, 2.45) is 17.3 Å². The summed E-state index contributed by atoms with van der Waals surface area (Å²) in [7, 11) is 0. The molecule has 0 aromatic rings. The van der Waals surface area contributed by atoms with Gasteiger partial charge in [0, 0.05) is 18.0 Å².